The van der Waals surface area contributed by atoms with Crippen LogP contribution in [0.15, 0.2) is 12.2 Å². The molecule has 0 aliphatic heterocycles. The third-order valence-corrected chi connectivity index (χ3v) is 1.15. The van der Waals surface area contributed by atoms with Crippen LogP contribution in [0.2, 0.25) is 0 Å². The van der Waals surface area contributed by atoms with Crippen molar-refractivity contribution >= 4 is 5.78 Å². The van der Waals surface area contributed by atoms with Crippen molar-refractivity contribution in [3.05, 3.63) is 12.2 Å². The number of terminal acetylenes is 1. The monoisotopic (exact) mass is 106 g/mol. The highest BCUT2D eigenvalue weighted by Crippen LogP contribution is 2.11. The van der Waals surface area contributed by atoms with E-state index < -0.39 is 0 Å². The molecule has 0 aromatic carbocycles. The molecule has 1 aliphatic rings. The molecule has 0 spiro atoms. The maximum atomic E-state index is 10.4. The van der Waals surface area contributed by atoms with Crippen LogP contribution >= 0.6 is 0 Å². The van der Waals surface area contributed by atoms with E-state index in [-0.39, 0.29) is 11.7 Å². The number of carbonyl (C=O) groups is 1. The highest BCUT2D eigenvalue weighted by molar-refractivity contribution is 5.92. The summed E-state index contributed by atoms with van der Waals surface area (Å²) in [6, 6.07) is 0. The predicted octanol–water partition coefficient (Wildman–Crippen LogP) is 0.765. The molecule has 0 saturated carbocycles. The summed E-state index contributed by atoms with van der Waals surface area (Å²) in [5.74, 6) is 2.70. The molecule has 40 valence electrons. The fourth-order valence-electron chi connectivity index (χ4n) is 0.691. The summed E-state index contributed by atoms with van der Waals surface area (Å²) in [7, 11) is 0. The summed E-state index contributed by atoms with van der Waals surface area (Å²) < 4.78 is 0. The predicted molar refractivity (Wildman–Crippen MR) is 31.1 cm³/mol. The summed E-state index contributed by atoms with van der Waals surface area (Å²) >= 11 is 0. The average molecular weight is 106 g/mol. The lowest BCUT2D eigenvalue weighted by atomic mass is 10.1. The fraction of sp³-hybridized carbons (Fsp3) is 0.286. The minimum Gasteiger partial charge on any atom is -0.295 e. The third-order valence-electron chi connectivity index (χ3n) is 1.15. The minimum atomic E-state index is 0.0718. The largest absolute Gasteiger partial charge is 0.295 e. The maximum absolute atomic E-state index is 10.4. The lowest BCUT2D eigenvalue weighted by Gasteiger charge is -1.88. The molecule has 1 rings (SSSR count). The van der Waals surface area contributed by atoms with Crippen LogP contribution in [0.5, 0.6) is 0 Å². The van der Waals surface area contributed by atoms with Crippen LogP contribution in [0, 0.1) is 18.3 Å². The summed E-state index contributed by atoms with van der Waals surface area (Å²) in [4.78, 5) is 10.4. The lowest BCUT2D eigenvalue weighted by molar-refractivity contribution is -0.114. The molecule has 0 fully saturated rings. The van der Waals surface area contributed by atoms with Gasteiger partial charge in [-0.1, -0.05) is 12.0 Å². The number of ketones is 1. The molecule has 0 aromatic rings. The summed E-state index contributed by atoms with van der Waals surface area (Å²) in [5.41, 5.74) is 0. The van der Waals surface area contributed by atoms with Crippen molar-refractivity contribution < 1.29 is 4.79 Å². The number of hydrogen-bond donors (Lipinski definition) is 0. The Hall–Kier alpha value is -1.03. The SMILES string of the molecule is C#CC1C=CC(=O)C1. The van der Waals surface area contributed by atoms with E-state index in [1.54, 1.807) is 12.2 Å². The maximum Gasteiger partial charge on any atom is 0.156 e. The Labute approximate surface area is 48.4 Å². The van der Waals surface area contributed by atoms with E-state index in [2.05, 4.69) is 5.92 Å². The van der Waals surface area contributed by atoms with Gasteiger partial charge in [0.25, 0.3) is 0 Å². The van der Waals surface area contributed by atoms with E-state index in [1.165, 1.54) is 0 Å². The Morgan fingerprint density at radius 2 is 2.62 bits per heavy atom. The van der Waals surface area contributed by atoms with Crippen molar-refractivity contribution in [2.24, 2.45) is 5.92 Å². The Morgan fingerprint density at radius 1 is 1.88 bits per heavy atom. The number of hydrogen-bond acceptors (Lipinski definition) is 1. The highest BCUT2D eigenvalue weighted by Gasteiger charge is 2.11. The molecule has 8 heavy (non-hydrogen) atoms. The van der Waals surface area contributed by atoms with Gasteiger partial charge in [-0.3, -0.25) is 4.79 Å². The Bertz CT molecular complexity index is 171. The molecule has 0 N–H and O–H groups in total. The second-order valence-electron chi connectivity index (χ2n) is 1.80. The van der Waals surface area contributed by atoms with E-state index in [9.17, 15) is 4.79 Å². The molecule has 0 radical (unpaired) electrons. The van der Waals surface area contributed by atoms with Gasteiger partial charge in [-0.25, -0.2) is 0 Å². The first-order chi connectivity index (χ1) is 3.83. The molecule has 0 aromatic heterocycles. The van der Waals surface area contributed by atoms with E-state index in [4.69, 9.17) is 6.42 Å². The van der Waals surface area contributed by atoms with Gasteiger partial charge in [-0.15, -0.1) is 6.42 Å². The van der Waals surface area contributed by atoms with Crippen molar-refractivity contribution in [1.29, 1.82) is 0 Å². The van der Waals surface area contributed by atoms with Gasteiger partial charge in [0, 0.05) is 12.3 Å². The van der Waals surface area contributed by atoms with E-state index in [0.29, 0.717) is 6.42 Å². The smallest absolute Gasteiger partial charge is 0.156 e. The van der Waals surface area contributed by atoms with Gasteiger partial charge in [-0.2, -0.15) is 0 Å². The standard InChI is InChI=1S/C7H6O/c1-2-6-3-4-7(8)5-6/h1,3-4,6H,5H2. The van der Waals surface area contributed by atoms with E-state index in [0.717, 1.165) is 0 Å². The van der Waals surface area contributed by atoms with Crippen molar-refractivity contribution in [3.63, 3.8) is 0 Å². The molecule has 1 aliphatic carbocycles. The van der Waals surface area contributed by atoms with Gasteiger partial charge >= 0.3 is 0 Å². The van der Waals surface area contributed by atoms with Crippen LogP contribution in [0.25, 0.3) is 0 Å². The topological polar surface area (TPSA) is 17.1 Å². The second kappa shape index (κ2) is 1.83. The molecule has 1 heteroatoms. The average Bonchev–Trinajstić information content (AvgIpc) is 2.14. The van der Waals surface area contributed by atoms with E-state index in [1.807, 2.05) is 0 Å². The quantitative estimate of drug-likeness (QED) is 0.417. The Kier molecular flexibility index (Phi) is 1.17. The van der Waals surface area contributed by atoms with Crippen LogP contribution in [0.1, 0.15) is 6.42 Å². The zero-order valence-electron chi connectivity index (χ0n) is 4.42. The summed E-state index contributed by atoms with van der Waals surface area (Å²) in [6.45, 7) is 0. The molecule has 0 saturated heterocycles. The first-order valence-corrected chi connectivity index (χ1v) is 2.50. The van der Waals surface area contributed by atoms with Crippen molar-refractivity contribution in [2.45, 2.75) is 6.42 Å². The van der Waals surface area contributed by atoms with Crippen molar-refractivity contribution in [1.82, 2.24) is 0 Å². The van der Waals surface area contributed by atoms with E-state index >= 15 is 0 Å². The van der Waals surface area contributed by atoms with Gasteiger partial charge in [0.2, 0.25) is 0 Å². The zero-order valence-corrected chi connectivity index (χ0v) is 4.42. The molecular formula is C7H6O. The molecule has 0 bridgehead atoms. The third kappa shape index (κ3) is 0.788. The van der Waals surface area contributed by atoms with Crippen LogP contribution in [-0.2, 0) is 4.79 Å². The molecule has 0 amide bonds. The van der Waals surface area contributed by atoms with Crippen LogP contribution in [0.3, 0.4) is 0 Å². The first kappa shape index (κ1) is 5.11. The Balaban J connectivity index is 2.62. The van der Waals surface area contributed by atoms with Gasteiger partial charge in [0.15, 0.2) is 5.78 Å². The molecule has 1 nitrogen and oxygen atoms in total. The van der Waals surface area contributed by atoms with Gasteiger partial charge in [-0.05, 0) is 6.08 Å². The second-order valence-corrected chi connectivity index (χ2v) is 1.80. The summed E-state index contributed by atoms with van der Waals surface area (Å²) in [5, 5.41) is 0. The van der Waals surface area contributed by atoms with Crippen LogP contribution < -0.4 is 0 Å². The van der Waals surface area contributed by atoms with Crippen molar-refractivity contribution in [2.75, 3.05) is 0 Å². The molecule has 0 heterocycles. The number of rotatable bonds is 0. The minimum absolute atomic E-state index is 0.0718. The fourth-order valence-corrected chi connectivity index (χ4v) is 0.691. The van der Waals surface area contributed by atoms with Crippen molar-refractivity contribution in [3.8, 4) is 12.3 Å². The molecule has 1 unspecified atom stereocenters. The van der Waals surface area contributed by atoms with Crippen LogP contribution in [-0.4, -0.2) is 5.78 Å². The van der Waals surface area contributed by atoms with Crippen LogP contribution in [0.4, 0.5) is 0 Å². The number of allylic oxidation sites excluding steroid dienone is 2. The van der Waals surface area contributed by atoms with Gasteiger partial charge < -0.3 is 0 Å². The number of carbonyl (C=O) groups excluding carboxylic acids is 1. The lowest BCUT2D eigenvalue weighted by Crippen LogP contribution is -1.91. The van der Waals surface area contributed by atoms with Gasteiger partial charge in [0.1, 0.15) is 0 Å². The first-order valence-electron chi connectivity index (χ1n) is 2.50. The molecular weight excluding hydrogens is 100 g/mol. The normalized spacial score (nSPS) is 25.9. The highest BCUT2D eigenvalue weighted by atomic mass is 16.1. The zero-order chi connectivity index (χ0) is 5.98. The molecule has 1 atom stereocenters. The Morgan fingerprint density at radius 3 is 2.88 bits per heavy atom. The van der Waals surface area contributed by atoms with Gasteiger partial charge in [0.05, 0.1) is 0 Å². The summed E-state index contributed by atoms with van der Waals surface area (Å²) in [6.07, 6.45) is 8.87.